The molecule has 2 aromatic carbocycles. The summed E-state index contributed by atoms with van der Waals surface area (Å²) in [7, 11) is -1.36. The quantitative estimate of drug-likeness (QED) is 0.803. The third-order valence-corrected chi connectivity index (χ3v) is 5.28. The number of benzene rings is 2. The summed E-state index contributed by atoms with van der Waals surface area (Å²) < 4.78 is 12.2. The second kappa shape index (κ2) is 6.12. The summed E-state index contributed by atoms with van der Waals surface area (Å²) in [6, 6.07) is 12.7. The Kier molecular flexibility index (Phi) is 4.22. The first-order valence-electron chi connectivity index (χ1n) is 6.92. The number of carbonyl (C=O) groups is 1. The lowest BCUT2D eigenvalue weighted by Gasteiger charge is -2.05. The maximum atomic E-state index is 12.3. The zero-order valence-electron chi connectivity index (χ0n) is 11.5. The third kappa shape index (κ3) is 3.25. The van der Waals surface area contributed by atoms with Gasteiger partial charge in [0.2, 0.25) is 0 Å². The fourth-order valence-electron chi connectivity index (χ4n) is 2.64. The lowest BCUT2D eigenvalue weighted by molar-refractivity contribution is 0.102. The smallest absolute Gasteiger partial charge is 0.175 e. The largest absolute Gasteiger partial charge is 0.293 e. The Morgan fingerprint density at radius 3 is 2.71 bits per heavy atom. The molecule has 3 rings (SSSR count). The van der Waals surface area contributed by atoms with Crippen LogP contribution in [-0.2, 0) is 23.6 Å². The molecule has 0 bridgehead atoms. The molecule has 4 heteroatoms. The summed E-state index contributed by atoms with van der Waals surface area (Å²) in [6.07, 6.45) is 3.29. The minimum absolute atomic E-state index is 0.000864. The summed E-state index contributed by atoms with van der Waals surface area (Å²) in [6.45, 7) is 0. The predicted molar refractivity (Wildman–Crippen MR) is 85.5 cm³/mol. The number of hydrogen-bond donors (Lipinski definition) is 0. The van der Waals surface area contributed by atoms with E-state index in [1.807, 2.05) is 18.2 Å². The fraction of sp³-hybridized carbons (Fsp3) is 0.235. The van der Waals surface area contributed by atoms with Crippen LogP contribution in [0, 0.1) is 0 Å². The summed E-state index contributed by atoms with van der Waals surface area (Å²) in [5.41, 5.74) is 3.25. The van der Waals surface area contributed by atoms with Crippen LogP contribution in [0.25, 0.3) is 0 Å². The lowest BCUT2D eigenvalue weighted by Crippen LogP contribution is -2.11. The molecule has 1 atom stereocenters. The summed E-state index contributed by atoms with van der Waals surface area (Å²) in [4.78, 5) is 12.9. The van der Waals surface area contributed by atoms with Crippen molar-refractivity contribution in [1.29, 1.82) is 0 Å². The van der Waals surface area contributed by atoms with Crippen LogP contribution in [0.2, 0.25) is 5.02 Å². The van der Waals surface area contributed by atoms with Crippen LogP contribution in [0.15, 0.2) is 47.4 Å². The molecule has 0 saturated heterocycles. The average molecular weight is 319 g/mol. The maximum absolute atomic E-state index is 12.3. The summed E-state index contributed by atoms with van der Waals surface area (Å²) in [5, 5.41) is 0.533. The zero-order valence-corrected chi connectivity index (χ0v) is 13.0. The van der Waals surface area contributed by atoms with Crippen molar-refractivity contribution in [3.8, 4) is 0 Å². The molecule has 0 aromatic heterocycles. The van der Waals surface area contributed by atoms with Gasteiger partial charge in [-0.15, -0.1) is 0 Å². The summed E-state index contributed by atoms with van der Waals surface area (Å²) in [5.74, 6) is -0.0814. The van der Waals surface area contributed by atoms with Gasteiger partial charge in [-0.05, 0) is 54.7 Å². The van der Waals surface area contributed by atoms with E-state index < -0.39 is 10.8 Å². The highest BCUT2D eigenvalue weighted by Crippen LogP contribution is 2.23. The zero-order chi connectivity index (χ0) is 14.8. The van der Waals surface area contributed by atoms with Gasteiger partial charge in [-0.3, -0.25) is 9.00 Å². The molecule has 0 N–H and O–H groups in total. The lowest BCUT2D eigenvalue weighted by atomic mass is 10.0. The Morgan fingerprint density at radius 1 is 1.10 bits per heavy atom. The van der Waals surface area contributed by atoms with E-state index in [1.54, 1.807) is 24.3 Å². The van der Waals surface area contributed by atoms with E-state index in [-0.39, 0.29) is 11.5 Å². The molecule has 0 aliphatic heterocycles. The van der Waals surface area contributed by atoms with E-state index in [4.69, 9.17) is 11.6 Å². The molecule has 21 heavy (non-hydrogen) atoms. The van der Waals surface area contributed by atoms with Crippen LogP contribution in [0.5, 0.6) is 0 Å². The Balaban J connectivity index is 1.76. The van der Waals surface area contributed by atoms with Crippen LogP contribution in [0.4, 0.5) is 0 Å². The van der Waals surface area contributed by atoms with Gasteiger partial charge in [-0.2, -0.15) is 0 Å². The summed E-state index contributed by atoms with van der Waals surface area (Å²) >= 11 is 5.89. The topological polar surface area (TPSA) is 34.1 Å². The van der Waals surface area contributed by atoms with E-state index in [1.165, 1.54) is 11.1 Å². The Morgan fingerprint density at radius 2 is 1.90 bits per heavy atom. The molecule has 2 nitrogen and oxygen atoms in total. The standard InChI is InChI=1S/C17H15ClO2S/c18-15-5-2-6-16(10-15)21(20)11-17(19)14-8-7-12-3-1-4-13(12)9-14/h2,5-10H,1,3-4,11H2. The highest BCUT2D eigenvalue weighted by molar-refractivity contribution is 7.85. The second-order valence-corrected chi connectivity index (χ2v) is 7.10. The van der Waals surface area contributed by atoms with Crippen LogP contribution >= 0.6 is 11.6 Å². The normalized spacial score (nSPS) is 14.7. The molecule has 1 unspecified atom stereocenters. The fourth-order valence-corrected chi connectivity index (χ4v) is 3.95. The van der Waals surface area contributed by atoms with Crippen molar-refractivity contribution in [2.45, 2.75) is 24.2 Å². The van der Waals surface area contributed by atoms with Crippen LogP contribution in [-0.4, -0.2) is 15.7 Å². The maximum Gasteiger partial charge on any atom is 0.175 e. The molecule has 108 valence electrons. The molecule has 0 fully saturated rings. The van der Waals surface area contributed by atoms with E-state index in [0.29, 0.717) is 15.5 Å². The van der Waals surface area contributed by atoms with E-state index in [9.17, 15) is 9.00 Å². The number of rotatable bonds is 4. The molecular formula is C17H15ClO2S. The monoisotopic (exact) mass is 318 g/mol. The molecule has 1 aliphatic rings. The SMILES string of the molecule is O=C(CS(=O)c1cccc(Cl)c1)c1ccc2c(c1)CCC2. The van der Waals surface area contributed by atoms with Gasteiger partial charge >= 0.3 is 0 Å². The molecule has 0 saturated carbocycles. The first-order chi connectivity index (χ1) is 10.1. The van der Waals surface area contributed by atoms with Crippen LogP contribution < -0.4 is 0 Å². The van der Waals surface area contributed by atoms with Crippen molar-refractivity contribution in [1.82, 2.24) is 0 Å². The Bertz CT molecular complexity index is 724. The van der Waals surface area contributed by atoms with E-state index in [0.717, 1.165) is 19.3 Å². The number of ketones is 1. The number of halogens is 1. The van der Waals surface area contributed by atoms with Crippen LogP contribution in [0.3, 0.4) is 0 Å². The van der Waals surface area contributed by atoms with Crippen molar-refractivity contribution in [2.75, 3.05) is 5.75 Å². The molecule has 2 aromatic rings. The van der Waals surface area contributed by atoms with Crippen molar-refractivity contribution in [3.63, 3.8) is 0 Å². The minimum atomic E-state index is -1.36. The van der Waals surface area contributed by atoms with Gasteiger partial charge in [0, 0.05) is 15.5 Å². The average Bonchev–Trinajstić information content (AvgIpc) is 2.94. The van der Waals surface area contributed by atoms with E-state index in [2.05, 4.69) is 0 Å². The number of hydrogen-bond acceptors (Lipinski definition) is 2. The number of fused-ring (bicyclic) bond motifs is 1. The molecular weight excluding hydrogens is 304 g/mol. The molecule has 0 radical (unpaired) electrons. The second-order valence-electron chi connectivity index (χ2n) is 5.21. The highest BCUT2D eigenvalue weighted by Gasteiger charge is 2.16. The Labute approximate surface area is 131 Å². The highest BCUT2D eigenvalue weighted by atomic mass is 35.5. The van der Waals surface area contributed by atoms with Crippen molar-refractivity contribution < 1.29 is 9.00 Å². The first kappa shape index (κ1) is 14.5. The van der Waals surface area contributed by atoms with Gasteiger partial charge in [-0.1, -0.05) is 29.8 Å². The Hall–Kier alpha value is -1.45. The van der Waals surface area contributed by atoms with Crippen LogP contribution in [0.1, 0.15) is 27.9 Å². The van der Waals surface area contributed by atoms with Crippen molar-refractivity contribution in [2.24, 2.45) is 0 Å². The molecule has 0 heterocycles. The van der Waals surface area contributed by atoms with Gasteiger partial charge in [0.1, 0.15) is 0 Å². The minimum Gasteiger partial charge on any atom is -0.293 e. The number of carbonyl (C=O) groups excluding carboxylic acids is 1. The van der Waals surface area contributed by atoms with Gasteiger partial charge < -0.3 is 0 Å². The van der Waals surface area contributed by atoms with Crippen molar-refractivity contribution in [3.05, 3.63) is 64.2 Å². The third-order valence-electron chi connectivity index (χ3n) is 3.74. The van der Waals surface area contributed by atoms with Gasteiger partial charge in [-0.25, -0.2) is 0 Å². The molecule has 1 aliphatic carbocycles. The van der Waals surface area contributed by atoms with Gasteiger partial charge in [0.15, 0.2) is 5.78 Å². The van der Waals surface area contributed by atoms with Gasteiger partial charge in [0.05, 0.1) is 16.6 Å². The number of aryl methyl sites for hydroxylation is 2. The van der Waals surface area contributed by atoms with Gasteiger partial charge in [0.25, 0.3) is 0 Å². The molecule has 0 amide bonds. The number of Topliss-reactive ketones (excluding diaryl/α,β-unsaturated/α-hetero) is 1. The first-order valence-corrected chi connectivity index (χ1v) is 8.62. The van der Waals surface area contributed by atoms with E-state index >= 15 is 0 Å². The molecule has 0 spiro atoms. The predicted octanol–water partition coefficient (Wildman–Crippen LogP) is 3.82. The van der Waals surface area contributed by atoms with Crippen molar-refractivity contribution >= 4 is 28.2 Å².